The Hall–Kier alpha value is -0.570. The molecule has 1 N–H and O–H groups in total. The Labute approximate surface area is 124 Å². The number of hydrogen-bond donors (Lipinski definition) is 1. The van der Waals surface area contributed by atoms with Crippen LogP contribution in [-0.2, 0) is 19.7 Å². The molecule has 1 fully saturated rings. The van der Waals surface area contributed by atoms with Gasteiger partial charge in [0.1, 0.15) is 0 Å². The molecule has 0 aromatic heterocycles. The van der Waals surface area contributed by atoms with Crippen LogP contribution in [-0.4, -0.2) is 56.6 Å². The molecule has 0 unspecified atom stereocenters. The summed E-state index contributed by atoms with van der Waals surface area (Å²) in [7, 11) is -3.84. The van der Waals surface area contributed by atoms with Crippen LogP contribution in [0.4, 0.5) is 4.79 Å². The number of alkyl halides is 1. The molecule has 20 heavy (non-hydrogen) atoms. The van der Waals surface area contributed by atoms with Crippen molar-refractivity contribution in [2.24, 2.45) is 0 Å². The van der Waals surface area contributed by atoms with Crippen molar-refractivity contribution in [2.45, 2.75) is 38.9 Å². The first kappa shape index (κ1) is 17.5. The van der Waals surface area contributed by atoms with E-state index < -0.39 is 16.3 Å². The molecule has 0 aliphatic carbocycles. The van der Waals surface area contributed by atoms with Gasteiger partial charge in [0, 0.05) is 19.0 Å². The first-order valence-electron chi connectivity index (χ1n) is 6.51. The number of piperidine rings is 1. The van der Waals surface area contributed by atoms with Gasteiger partial charge >= 0.3 is 16.3 Å². The summed E-state index contributed by atoms with van der Waals surface area (Å²) in [6.45, 7) is 4.35. The Morgan fingerprint density at radius 2 is 2.00 bits per heavy atom. The van der Waals surface area contributed by atoms with Gasteiger partial charge in [-0.15, -0.1) is 11.6 Å². The lowest BCUT2D eigenvalue weighted by Crippen LogP contribution is -2.48. The fourth-order valence-electron chi connectivity index (χ4n) is 1.86. The van der Waals surface area contributed by atoms with E-state index in [1.54, 1.807) is 13.8 Å². The number of nitrogens with one attached hydrogen (secondary N) is 1. The number of carbonyl (C=O) groups is 1. The van der Waals surface area contributed by atoms with Crippen molar-refractivity contribution >= 4 is 27.9 Å². The van der Waals surface area contributed by atoms with Crippen molar-refractivity contribution in [2.75, 3.05) is 25.6 Å². The summed E-state index contributed by atoms with van der Waals surface area (Å²) in [6, 6.07) is 0. The number of nitrogens with zero attached hydrogens (tertiary/aromatic N) is 1. The zero-order chi connectivity index (χ0) is 15.2. The lowest BCUT2D eigenvalue weighted by atomic mass is 10.1. The highest BCUT2D eigenvalue weighted by atomic mass is 35.5. The third kappa shape index (κ3) is 5.82. The molecule has 0 atom stereocenters. The summed E-state index contributed by atoms with van der Waals surface area (Å²) < 4.78 is 37.2. The van der Waals surface area contributed by atoms with E-state index in [-0.39, 0.29) is 12.2 Å². The third-order valence-corrected chi connectivity index (χ3v) is 4.35. The minimum absolute atomic E-state index is 0.0165. The maximum atomic E-state index is 12.0. The van der Waals surface area contributed by atoms with Crippen LogP contribution in [0.3, 0.4) is 0 Å². The molecular formula is C11H21ClN2O5S. The lowest BCUT2D eigenvalue weighted by molar-refractivity contribution is 0.0299. The van der Waals surface area contributed by atoms with Gasteiger partial charge < -0.3 is 9.47 Å². The lowest BCUT2D eigenvalue weighted by Gasteiger charge is -2.30. The van der Waals surface area contributed by atoms with E-state index in [0.717, 1.165) is 0 Å². The zero-order valence-corrected chi connectivity index (χ0v) is 13.2. The van der Waals surface area contributed by atoms with Crippen LogP contribution in [0.15, 0.2) is 0 Å². The van der Waals surface area contributed by atoms with Gasteiger partial charge in [-0.25, -0.2) is 9.52 Å². The monoisotopic (exact) mass is 328 g/mol. The Morgan fingerprint density at radius 1 is 1.40 bits per heavy atom. The molecule has 7 nitrogen and oxygen atoms in total. The number of carbonyl (C=O) groups excluding carboxylic acids is 1. The molecule has 0 spiro atoms. The molecule has 1 aliphatic heterocycles. The van der Waals surface area contributed by atoms with E-state index >= 15 is 0 Å². The second-order valence-corrected chi connectivity index (χ2v) is 6.77. The van der Waals surface area contributed by atoms with E-state index in [1.807, 2.05) is 4.72 Å². The first-order chi connectivity index (χ1) is 9.35. The summed E-state index contributed by atoms with van der Waals surface area (Å²) in [5, 5.41) is 0. The molecule has 0 bridgehead atoms. The SMILES string of the molecule is CC(C)OC(=O)NS(=O)(=O)N1CCC(OCCCl)CC1. The predicted molar refractivity (Wildman–Crippen MR) is 74.9 cm³/mol. The van der Waals surface area contributed by atoms with Crippen molar-refractivity contribution in [3.63, 3.8) is 0 Å². The van der Waals surface area contributed by atoms with Crippen LogP contribution in [0, 0.1) is 0 Å². The molecule has 1 saturated heterocycles. The molecule has 1 amide bonds. The van der Waals surface area contributed by atoms with Crippen LogP contribution in [0.1, 0.15) is 26.7 Å². The Balaban J connectivity index is 2.44. The molecule has 1 aliphatic rings. The average molecular weight is 329 g/mol. The van der Waals surface area contributed by atoms with Gasteiger partial charge in [-0.2, -0.15) is 12.7 Å². The first-order valence-corrected chi connectivity index (χ1v) is 8.48. The van der Waals surface area contributed by atoms with Gasteiger partial charge in [0.15, 0.2) is 0 Å². The van der Waals surface area contributed by atoms with Crippen molar-refractivity contribution in [3.8, 4) is 0 Å². The fourth-order valence-corrected chi connectivity index (χ4v) is 3.03. The predicted octanol–water partition coefficient (Wildman–Crippen LogP) is 1.09. The van der Waals surface area contributed by atoms with E-state index in [2.05, 4.69) is 0 Å². The highest BCUT2D eigenvalue weighted by Gasteiger charge is 2.30. The highest BCUT2D eigenvalue weighted by molar-refractivity contribution is 7.87. The van der Waals surface area contributed by atoms with Crippen LogP contribution < -0.4 is 4.72 Å². The third-order valence-electron chi connectivity index (χ3n) is 2.73. The molecule has 0 saturated carbocycles. The Morgan fingerprint density at radius 3 is 2.50 bits per heavy atom. The average Bonchev–Trinajstić information content (AvgIpc) is 2.35. The summed E-state index contributed by atoms with van der Waals surface area (Å²) >= 11 is 5.53. The maximum absolute atomic E-state index is 12.0. The van der Waals surface area contributed by atoms with E-state index in [0.29, 0.717) is 38.4 Å². The van der Waals surface area contributed by atoms with E-state index in [1.165, 1.54) is 4.31 Å². The number of amides is 1. The Kier molecular flexibility index (Phi) is 7.01. The Bertz CT molecular complexity index is 407. The summed E-state index contributed by atoms with van der Waals surface area (Å²) in [5.74, 6) is 0.418. The minimum Gasteiger partial charge on any atom is -0.446 e. The topological polar surface area (TPSA) is 84.9 Å². The largest absolute Gasteiger partial charge is 0.446 e. The summed E-state index contributed by atoms with van der Waals surface area (Å²) in [6.07, 6.45) is -0.156. The molecule has 118 valence electrons. The number of ether oxygens (including phenoxy) is 2. The van der Waals surface area contributed by atoms with E-state index in [9.17, 15) is 13.2 Å². The second kappa shape index (κ2) is 8.02. The number of hydrogen-bond acceptors (Lipinski definition) is 5. The summed E-state index contributed by atoms with van der Waals surface area (Å²) in [5.41, 5.74) is 0. The molecule has 1 rings (SSSR count). The molecule has 0 aromatic carbocycles. The highest BCUT2D eigenvalue weighted by Crippen LogP contribution is 2.16. The van der Waals surface area contributed by atoms with Crippen molar-refractivity contribution in [1.82, 2.24) is 9.03 Å². The van der Waals surface area contributed by atoms with Crippen molar-refractivity contribution in [1.29, 1.82) is 0 Å². The standard InChI is InChI=1S/C11H21ClN2O5S/c1-9(2)19-11(15)13-20(16,17)14-6-3-10(4-7-14)18-8-5-12/h9-10H,3-8H2,1-2H3,(H,13,15). The zero-order valence-electron chi connectivity index (χ0n) is 11.7. The van der Waals surface area contributed by atoms with Crippen LogP contribution in [0.5, 0.6) is 0 Å². The van der Waals surface area contributed by atoms with Crippen LogP contribution in [0.2, 0.25) is 0 Å². The van der Waals surface area contributed by atoms with Gasteiger partial charge in [-0.1, -0.05) is 0 Å². The van der Waals surface area contributed by atoms with Crippen LogP contribution in [0.25, 0.3) is 0 Å². The normalized spacial score (nSPS) is 18.2. The van der Waals surface area contributed by atoms with Gasteiger partial charge in [-0.05, 0) is 26.7 Å². The summed E-state index contributed by atoms with van der Waals surface area (Å²) in [4.78, 5) is 11.3. The fraction of sp³-hybridized carbons (Fsp3) is 0.909. The molecular weight excluding hydrogens is 308 g/mol. The quantitative estimate of drug-likeness (QED) is 0.738. The maximum Gasteiger partial charge on any atom is 0.422 e. The van der Waals surface area contributed by atoms with Crippen LogP contribution >= 0.6 is 11.6 Å². The molecule has 1 heterocycles. The van der Waals surface area contributed by atoms with Gasteiger partial charge in [-0.3, -0.25) is 0 Å². The smallest absolute Gasteiger partial charge is 0.422 e. The van der Waals surface area contributed by atoms with Gasteiger partial charge in [0.2, 0.25) is 0 Å². The van der Waals surface area contributed by atoms with E-state index in [4.69, 9.17) is 21.1 Å². The number of halogens is 1. The molecule has 0 radical (unpaired) electrons. The molecule has 0 aromatic rings. The molecule has 9 heteroatoms. The minimum atomic E-state index is -3.84. The van der Waals surface area contributed by atoms with Gasteiger partial charge in [0.25, 0.3) is 0 Å². The second-order valence-electron chi connectivity index (χ2n) is 4.72. The van der Waals surface area contributed by atoms with Crippen molar-refractivity contribution < 1.29 is 22.7 Å². The van der Waals surface area contributed by atoms with Crippen molar-refractivity contribution in [3.05, 3.63) is 0 Å². The van der Waals surface area contributed by atoms with Gasteiger partial charge in [0.05, 0.1) is 18.8 Å². The number of rotatable bonds is 6.